The van der Waals surface area contributed by atoms with E-state index in [0.717, 1.165) is 46.7 Å². The maximum Gasteiger partial charge on any atom is 0.416 e. The van der Waals surface area contributed by atoms with Gasteiger partial charge in [0.05, 0.1) is 27.7 Å². The molecule has 1 N–H and O–H groups in total. The van der Waals surface area contributed by atoms with Crippen molar-refractivity contribution in [2.75, 3.05) is 4.90 Å². The van der Waals surface area contributed by atoms with Crippen LogP contribution in [0.3, 0.4) is 0 Å². The Morgan fingerprint density at radius 1 is 0.947 bits per heavy atom. The lowest BCUT2D eigenvalue weighted by Gasteiger charge is -2.28. The zero-order valence-electron chi connectivity index (χ0n) is 20.3. The van der Waals surface area contributed by atoms with Gasteiger partial charge < -0.3 is 5.11 Å². The van der Waals surface area contributed by atoms with E-state index in [9.17, 15) is 27.9 Å². The average molecular weight is 535 g/mol. The number of aromatic nitrogens is 1. The van der Waals surface area contributed by atoms with Crippen LogP contribution in [-0.4, -0.2) is 21.8 Å². The number of benzene rings is 3. The highest BCUT2D eigenvalue weighted by Crippen LogP contribution is 2.44. The van der Waals surface area contributed by atoms with Crippen molar-refractivity contribution in [3.63, 3.8) is 0 Å². The molecule has 192 valence electrons. The molecule has 1 amide bonds. The zero-order chi connectivity index (χ0) is 27.2. The highest BCUT2D eigenvalue weighted by Gasteiger charge is 2.46. The third kappa shape index (κ3) is 4.39. The molecule has 0 spiro atoms. The van der Waals surface area contributed by atoms with E-state index in [1.807, 2.05) is 30.3 Å². The van der Waals surface area contributed by atoms with Crippen molar-refractivity contribution in [1.82, 2.24) is 4.98 Å². The Morgan fingerprint density at radius 3 is 2.21 bits per heavy atom. The number of thiazole rings is 1. The molecule has 2 heterocycles. The molecule has 0 saturated carbocycles. The minimum absolute atomic E-state index is 0.122. The van der Waals surface area contributed by atoms with Gasteiger partial charge in [0, 0.05) is 11.3 Å². The van der Waals surface area contributed by atoms with Gasteiger partial charge in [-0.25, -0.2) is 4.98 Å². The summed E-state index contributed by atoms with van der Waals surface area (Å²) >= 11 is 1.15. The normalized spacial score (nSPS) is 15.9. The number of nitrogens with zero attached hydrogens (tertiary/aromatic N) is 2. The molecule has 0 fully saturated rings. The fourth-order valence-electron chi connectivity index (χ4n) is 4.54. The van der Waals surface area contributed by atoms with Gasteiger partial charge in [0.2, 0.25) is 5.78 Å². The summed E-state index contributed by atoms with van der Waals surface area (Å²) in [5, 5.41) is 11.6. The zero-order valence-corrected chi connectivity index (χ0v) is 21.1. The van der Waals surface area contributed by atoms with Gasteiger partial charge in [-0.1, -0.05) is 54.6 Å². The van der Waals surface area contributed by atoms with Crippen LogP contribution in [0.25, 0.3) is 10.6 Å². The number of carbonyl (C=O) groups excluding carboxylic acids is 2. The smallest absolute Gasteiger partial charge is 0.416 e. The molecule has 1 aliphatic rings. The molecular formula is C29H21F3N2O3S. The number of aryl methyl sites for hydroxylation is 2. The summed E-state index contributed by atoms with van der Waals surface area (Å²) in [6.07, 6.45) is -4.55. The number of aliphatic hydroxyl groups is 1. The van der Waals surface area contributed by atoms with Crippen molar-refractivity contribution in [3.8, 4) is 10.6 Å². The number of alkyl halides is 3. The first kappa shape index (κ1) is 25.4. The van der Waals surface area contributed by atoms with E-state index in [4.69, 9.17) is 0 Å². The van der Waals surface area contributed by atoms with E-state index in [1.54, 1.807) is 38.1 Å². The quantitative estimate of drug-likeness (QED) is 0.274. The first-order chi connectivity index (χ1) is 18.1. The van der Waals surface area contributed by atoms with Crippen LogP contribution in [0.4, 0.5) is 18.9 Å². The predicted octanol–water partition coefficient (Wildman–Crippen LogP) is 7.23. The fraction of sp³-hybridized carbons (Fsp3) is 0.138. The molecule has 38 heavy (non-hydrogen) atoms. The summed E-state index contributed by atoms with van der Waals surface area (Å²) in [4.78, 5) is 33.3. The topological polar surface area (TPSA) is 70.5 Å². The monoisotopic (exact) mass is 534 g/mol. The second-order valence-electron chi connectivity index (χ2n) is 8.87. The number of rotatable bonds is 5. The number of ketones is 1. The predicted molar refractivity (Wildman–Crippen MR) is 139 cm³/mol. The molecule has 0 radical (unpaired) electrons. The van der Waals surface area contributed by atoms with Gasteiger partial charge in [0.15, 0.2) is 5.76 Å². The van der Waals surface area contributed by atoms with Crippen LogP contribution in [0.5, 0.6) is 0 Å². The van der Waals surface area contributed by atoms with Gasteiger partial charge in [-0.05, 0) is 49.2 Å². The molecule has 1 unspecified atom stereocenters. The average Bonchev–Trinajstić information content (AvgIpc) is 3.41. The highest BCUT2D eigenvalue weighted by molar-refractivity contribution is 7.17. The summed E-state index contributed by atoms with van der Waals surface area (Å²) in [7, 11) is 0. The van der Waals surface area contributed by atoms with E-state index < -0.39 is 35.2 Å². The Morgan fingerprint density at radius 2 is 1.58 bits per heavy atom. The Hall–Kier alpha value is -4.24. The van der Waals surface area contributed by atoms with E-state index in [0.29, 0.717) is 16.3 Å². The molecule has 0 bridgehead atoms. The Balaban J connectivity index is 1.63. The van der Waals surface area contributed by atoms with Crippen LogP contribution < -0.4 is 4.90 Å². The van der Waals surface area contributed by atoms with Crippen LogP contribution in [0, 0.1) is 13.8 Å². The number of Topliss-reactive ketones (excluding diaryl/α,β-unsaturated/α-hetero) is 1. The van der Waals surface area contributed by atoms with Gasteiger partial charge in [0.1, 0.15) is 5.01 Å². The molecule has 0 aliphatic carbocycles. The van der Waals surface area contributed by atoms with Crippen molar-refractivity contribution in [2.24, 2.45) is 0 Å². The molecule has 3 aromatic carbocycles. The van der Waals surface area contributed by atoms with E-state index in [1.165, 1.54) is 4.90 Å². The van der Waals surface area contributed by atoms with Gasteiger partial charge in [-0.15, -0.1) is 11.3 Å². The van der Waals surface area contributed by atoms with Crippen LogP contribution in [0.1, 0.15) is 38.1 Å². The standard InChI is InChI=1S/C29H21F3N2O3S/c1-16-8-6-7-11-21(16)23-22(24(35)26-17(2)33-27(38-26)18-9-4-3-5-10-18)25(36)28(37)34(23)20-14-12-19(13-15-20)29(30,31)32/h3-15,23,36H,1-2H3. The minimum Gasteiger partial charge on any atom is -0.503 e. The van der Waals surface area contributed by atoms with Crippen molar-refractivity contribution >= 4 is 28.7 Å². The summed E-state index contributed by atoms with van der Waals surface area (Å²) in [5.74, 6) is -2.17. The number of aliphatic hydroxyl groups excluding tert-OH is 1. The summed E-state index contributed by atoms with van der Waals surface area (Å²) in [6.45, 7) is 3.48. The molecule has 5 nitrogen and oxygen atoms in total. The third-order valence-corrected chi connectivity index (χ3v) is 7.64. The van der Waals surface area contributed by atoms with Gasteiger partial charge in [-0.2, -0.15) is 13.2 Å². The second-order valence-corrected chi connectivity index (χ2v) is 9.87. The summed E-state index contributed by atoms with van der Waals surface area (Å²) in [6, 6.07) is 19.4. The number of halogens is 3. The fourth-order valence-corrected chi connectivity index (χ4v) is 5.56. The molecule has 0 saturated heterocycles. The molecule has 1 atom stereocenters. The number of anilines is 1. The van der Waals surface area contributed by atoms with E-state index in [-0.39, 0.29) is 16.1 Å². The number of carbonyl (C=O) groups is 2. The lowest BCUT2D eigenvalue weighted by Crippen LogP contribution is -2.31. The van der Waals surface area contributed by atoms with Gasteiger partial charge >= 0.3 is 6.18 Å². The Bertz CT molecular complexity index is 1570. The third-order valence-electron chi connectivity index (χ3n) is 6.43. The van der Waals surface area contributed by atoms with E-state index >= 15 is 0 Å². The van der Waals surface area contributed by atoms with Crippen molar-refractivity contribution in [3.05, 3.63) is 117 Å². The lowest BCUT2D eigenvalue weighted by molar-refractivity contribution is -0.137. The van der Waals surface area contributed by atoms with Gasteiger partial charge in [-0.3, -0.25) is 14.5 Å². The van der Waals surface area contributed by atoms with Crippen LogP contribution in [-0.2, 0) is 11.0 Å². The van der Waals surface area contributed by atoms with Crippen molar-refractivity contribution < 1.29 is 27.9 Å². The maximum atomic E-state index is 14.0. The molecule has 4 aromatic rings. The first-order valence-electron chi connectivity index (χ1n) is 11.6. The molecule has 5 rings (SSSR count). The molecule has 1 aromatic heterocycles. The number of hydrogen-bond acceptors (Lipinski definition) is 5. The van der Waals surface area contributed by atoms with Crippen molar-refractivity contribution in [1.29, 1.82) is 0 Å². The van der Waals surface area contributed by atoms with Crippen LogP contribution >= 0.6 is 11.3 Å². The van der Waals surface area contributed by atoms with Gasteiger partial charge in [0.25, 0.3) is 5.91 Å². The van der Waals surface area contributed by atoms with Crippen LogP contribution in [0.2, 0.25) is 0 Å². The Labute approximate surface area is 220 Å². The van der Waals surface area contributed by atoms with E-state index in [2.05, 4.69) is 4.98 Å². The number of amides is 1. The second kappa shape index (κ2) is 9.57. The van der Waals surface area contributed by atoms with Crippen LogP contribution in [0.15, 0.2) is 90.2 Å². The SMILES string of the molecule is Cc1ccccc1C1C(C(=O)c2sc(-c3ccccc3)nc2C)=C(O)C(=O)N1c1ccc(C(F)(F)F)cc1. The lowest BCUT2D eigenvalue weighted by atomic mass is 9.92. The molecule has 1 aliphatic heterocycles. The molecular weight excluding hydrogens is 513 g/mol. The summed E-state index contributed by atoms with van der Waals surface area (Å²) < 4.78 is 39.5. The largest absolute Gasteiger partial charge is 0.503 e. The highest BCUT2D eigenvalue weighted by atomic mass is 32.1. The molecule has 9 heteroatoms. The Kier molecular flexibility index (Phi) is 6.40. The number of hydrogen-bond donors (Lipinski definition) is 1. The summed E-state index contributed by atoms with van der Waals surface area (Å²) in [5.41, 5.74) is 1.69. The maximum absolute atomic E-state index is 14.0. The first-order valence-corrected chi connectivity index (χ1v) is 12.5. The van der Waals surface area contributed by atoms with Crippen molar-refractivity contribution in [2.45, 2.75) is 26.1 Å². The minimum atomic E-state index is -4.55.